The minimum absolute atomic E-state index is 0.0766. The molecule has 3 heterocycles. The van der Waals surface area contributed by atoms with Crippen LogP contribution < -0.4 is 4.90 Å². The average molecular weight is 414 g/mol. The molecule has 138 valence electrons. The molecule has 0 aliphatic carbocycles. The number of aromatic nitrogens is 3. The van der Waals surface area contributed by atoms with Crippen LogP contribution in [0.15, 0.2) is 18.2 Å². The number of thiazole rings is 1. The Morgan fingerprint density at radius 2 is 2.08 bits per heavy atom. The van der Waals surface area contributed by atoms with Crippen molar-refractivity contribution in [2.24, 2.45) is 0 Å². The number of aromatic hydroxyl groups is 1. The summed E-state index contributed by atoms with van der Waals surface area (Å²) in [6, 6.07) is 5.57. The number of hydrogen-bond acceptors (Lipinski definition) is 5. The van der Waals surface area contributed by atoms with Crippen LogP contribution in [0.2, 0.25) is 10.0 Å². The Bertz CT molecular complexity index is 936. The van der Waals surface area contributed by atoms with Gasteiger partial charge in [0.05, 0.1) is 23.3 Å². The lowest BCUT2D eigenvalue weighted by Gasteiger charge is -2.31. The minimum Gasteiger partial charge on any atom is -0.492 e. The second-order valence-electron chi connectivity index (χ2n) is 6.24. The third-order valence-electron chi connectivity index (χ3n) is 4.64. The van der Waals surface area contributed by atoms with E-state index in [0.29, 0.717) is 28.2 Å². The van der Waals surface area contributed by atoms with Gasteiger partial charge in [-0.15, -0.1) is 5.10 Å². The molecule has 0 spiro atoms. The highest BCUT2D eigenvalue weighted by atomic mass is 35.5. The number of nitrogens with one attached hydrogen (secondary N) is 1. The molecule has 1 aliphatic heterocycles. The van der Waals surface area contributed by atoms with Gasteiger partial charge in [-0.3, -0.25) is 0 Å². The number of fused-ring (bicyclic) bond motifs is 1. The lowest BCUT2D eigenvalue weighted by Crippen LogP contribution is -3.14. The van der Waals surface area contributed by atoms with Crippen LogP contribution in [0.1, 0.15) is 29.2 Å². The van der Waals surface area contributed by atoms with Crippen LogP contribution in [0.4, 0.5) is 0 Å². The number of rotatable bonds is 4. The lowest BCUT2D eigenvalue weighted by atomic mass is 10.0. The second-order valence-corrected chi connectivity index (χ2v) is 8.07. The highest BCUT2D eigenvalue weighted by Gasteiger charge is 2.34. The van der Waals surface area contributed by atoms with Gasteiger partial charge in [0.1, 0.15) is 18.0 Å². The standard InChI is InChI=1S/C17H18Cl2N4O2S/c1-2-13-20-17-23(21-13)16(24)15(26-17)14(22-5-7-25-8-6-22)10-3-4-11(18)12(19)9-10/h3-4,9,14,24H,2,5-8H2,1H3/p+1/t14-/m1/s1. The summed E-state index contributed by atoms with van der Waals surface area (Å²) in [6.45, 7) is 5.06. The zero-order valence-corrected chi connectivity index (χ0v) is 16.5. The molecule has 0 radical (unpaired) electrons. The van der Waals surface area contributed by atoms with E-state index in [1.807, 2.05) is 19.1 Å². The fourth-order valence-corrected chi connectivity index (χ4v) is 4.78. The number of morpholine rings is 1. The van der Waals surface area contributed by atoms with Gasteiger partial charge < -0.3 is 14.7 Å². The summed E-state index contributed by atoms with van der Waals surface area (Å²) >= 11 is 13.8. The first-order valence-electron chi connectivity index (χ1n) is 8.53. The van der Waals surface area contributed by atoms with Gasteiger partial charge in [-0.25, -0.2) is 4.98 Å². The Labute approximate surface area is 164 Å². The monoisotopic (exact) mass is 413 g/mol. The van der Waals surface area contributed by atoms with Gasteiger partial charge in [0.15, 0.2) is 11.9 Å². The molecule has 1 atom stereocenters. The molecule has 3 aromatic rings. The number of quaternary nitrogens is 1. The van der Waals surface area contributed by atoms with Crippen LogP contribution in [-0.4, -0.2) is 46.0 Å². The molecule has 1 fully saturated rings. The third-order valence-corrected chi connectivity index (χ3v) is 6.47. The van der Waals surface area contributed by atoms with Gasteiger partial charge in [0.2, 0.25) is 10.8 Å². The summed E-state index contributed by atoms with van der Waals surface area (Å²) in [5.41, 5.74) is 1.01. The van der Waals surface area contributed by atoms with E-state index in [9.17, 15) is 5.11 Å². The minimum atomic E-state index is -0.0766. The first kappa shape index (κ1) is 18.0. The number of ether oxygens (including phenoxy) is 1. The maximum absolute atomic E-state index is 10.9. The highest BCUT2D eigenvalue weighted by molar-refractivity contribution is 7.17. The van der Waals surface area contributed by atoms with Crippen LogP contribution in [0.3, 0.4) is 0 Å². The van der Waals surface area contributed by atoms with Crippen LogP contribution in [0, 0.1) is 0 Å². The quantitative estimate of drug-likeness (QED) is 0.688. The second kappa shape index (κ2) is 7.32. The van der Waals surface area contributed by atoms with Crippen molar-refractivity contribution in [1.29, 1.82) is 0 Å². The van der Waals surface area contributed by atoms with E-state index < -0.39 is 0 Å². The van der Waals surface area contributed by atoms with Crippen LogP contribution in [0.5, 0.6) is 5.88 Å². The van der Waals surface area contributed by atoms with E-state index in [-0.39, 0.29) is 11.9 Å². The molecule has 1 saturated heterocycles. The van der Waals surface area contributed by atoms with Crippen molar-refractivity contribution in [3.05, 3.63) is 44.5 Å². The van der Waals surface area contributed by atoms with E-state index in [4.69, 9.17) is 27.9 Å². The topological polar surface area (TPSA) is 64.1 Å². The lowest BCUT2D eigenvalue weighted by molar-refractivity contribution is -0.932. The average Bonchev–Trinajstić information content (AvgIpc) is 3.19. The number of aryl methyl sites for hydroxylation is 1. The molecule has 0 bridgehead atoms. The van der Waals surface area contributed by atoms with Gasteiger partial charge in [0.25, 0.3) is 0 Å². The molecule has 2 aromatic heterocycles. The third kappa shape index (κ3) is 3.18. The van der Waals surface area contributed by atoms with Crippen molar-refractivity contribution in [2.75, 3.05) is 26.3 Å². The summed E-state index contributed by atoms with van der Waals surface area (Å²) in [5, 5.41) is 16.3. The molecule has 1 aliphatic rings. The molecule has 1 aromatic carbocycles. The predicted octanol–water partition coefficient (Wildman–Crippen LogP) is 2.37. The zero-order valence-electron chi connectivity index (χ0n) is 14.2. The van der Waals surface area contributed by atoms with E-state index in [1.54, 1.807) is 6.07 Å². The van der Waals surface area contributed by atoms with Crippen molar-refractivity contribution in [3.63, 3.8) is 0 Å². The van der Waals surface area contributed by atoms with Crippen molar-refractivity contribution in [3.8, 4) is 5.88 Å². The van der Waals surface area contributed by atoms with Crippen molar-refractivity contribution >= 4 is 39.5 Å². The fraction of sp³-hybridized carbons (Fsp3) is 0.412. The van der Waals surface area contributed by atoms with E-state index >= 15 is 0 Å². The molecule has 4 rings (SSSR count). The Morgan fingerprint density at radius 1 is 1.31 bits per heavy atom. The SMILES string of the molecule is CCc1nc2sc([C@@H](c3ccc(Cl)c(Cl)c3)[NH+]3CCOCC3)c(O)n2n1. The Balaban J connectivity index is 1.83. The van der Waals surface area contributed by atoms with Gasteiger partial charge in [-0.2, -0.15) is 4.52 Å². The largest absolute Gasteiger partial charge is 0.492 e. The molecule has 0 unspecified atom stereocenters. The summed E-state index contributed by atoms with van der Waals surface area (Å²) in [7, 11) is 0. The summed E-state index contributed by atoms with van der Waals surface area (Å²) in [4.78, 5) is 7.34. The van der Waals surface area contributed by atoms with Crippen LogP contribution in [0.25, 0.3) is 4.96 Å². The van der Waals surface area contributed by atoms with E-state index in [1.165, 1.54) is 20.8 Å². The van der Waals surface area contributed by atoms with Crippen LogP contribution in [-0.2, 0) is 11.2 Å². The number of halogens is 2. The normalized spacial score (nSPS) is 17.0. The fourth-order valence-electron chi connectivity index (χ4n) is 3.32. The smallest absolute Gasteiger partial charge is 0.235 e. The van der Waals surface area contributed by atoms with Crippen LogP contribution >= 0.6 is 34.5 Å². The van der Waals surface area contributed by atoms with Crippen molar-refractivity contribution < 1.29 is 14.7 Å². The van der Waals surface area contributed by atoms with E-state index in [2.05, 4.69) is 10.1 Å². The Kier molecular flexibility index (Phi) is 5.07. The molecular weight excluding hydrogens is 395 g/mol. The molecule has 2 N–H and O–H groups in total. The first-order chi connectivity index (χ1) is 12.6. The van der Waals surface area contributed by atoms with Gasteiger partial charge in [0, 0.05) is 12.0 Å². The number of nitrogens with zero attached hydrogens (tertiary/aromatic N) is 3. The summed E-state index contributed by atoms with van der Waals surface area (Å²) < 4.78 is 7.04. The summed E-state index contributed by atoms with van der Waals surface area (Å²) in [5.74, 6) is 0.871. The van der Waals surface area contributed by atoms with Gasteiger partial charge in [-0.1, -0.05) is 47.5 Å². The molecular formula is C17H19Cl2N4O2S+. The predicted molar refractivity (Wildman–Crippen MR) is 102 cm³/mol. The number of hydrogen-bond donors (Lipinski definition) is 2. The zero-order chi connectivity index (χ0) is 18.3. The van der Waals surface area contributed by atoms with Gasteiger partial charge in [-0.05, 0) is 12.1 Å². The van der Waals surface area contributed by atoms with Crippen molar-refractivity contribution in [1.82, 2.24) is 14.6 Å². The van der Waals surface area contributed by atoms with Gasteiger partial charge >= 0.3 is 0 Å². The molecule has 0 amide bonds. The molecule has 9 heteroatoms. The molecule has 0 saturated carbocycles. The maximum Gasteiger partial charge on any atom is 0.235 e. The molecule has 26 heavy (non-hydrogen) atoms. The van der Waals surface area contributed by atoms with E-state index in [0.717, 1.165) is 35.8 Å². The Morgan fingerprint density at radius 3 is 2.73 bits per heavy atom. The molecule has 6 nitrogen and oxygen atoms in total. The van der Waals surface area contributed by atoms with Crippen molar-refractivity contribution in [2.45, 2.75) is 19.4 Å². The first-order valence-corrected chi connectivity index (χ1v) is 10.1. The highest BCUT2D eigenvalue weighted by Crippen LogP contribution is 2.36. The number of benzene rings is 1. The Hall–Kier alpha value is -1.38. The maximum atomic E-state index is 10.9. The summed E-state index contributed by atoms with van der Waals surface area (Å²) in [6.07, 6.45) is 0.730.